The SMILES string of the molecule is CSc1nc(C(C)C)nc(C)c1C(=O)N(C)Cc1ccccc1C. The number of rotatable bonds is 5. The summed E-state index contributed by atoms with van der Waals surface area (Å²) < 4.78 is 0. The van der Waals surface area contributed by atoms with E-state index in [2.05, 4.69) is 42.9 Å². The average molecular weight is 343 g/mol. The van der Waals surface area contributed by atoms with Gasteiger partial charge in [0, 0.05) is 19.5 Å². The molecule has 0 unspecified atom stereocenters. The summed E-state index contributed by atoms with van der Waals surface area (Å²) in [6, 6.07) is 8.13. The van der Waals surface area contributed by atoms with Crippen LogP contribution in [-0.2, 0) is 6.54 Å². The van der Waals surface area contributed by atoms with E-state index in [1.165, 1.54) is 17.3 Å². The lowest BCUT2D eigenvalue weighted by Gasteiger charge is -2.21. The minimum atomic E-state index is -0.0320. The third-order valence-electron chi connectivity index (χ3n) is 4.01. The highest BCUT2D eigenvalue weighted by Crippen LogP contribution is 2.25. The van der Waals surface area contributed by atoms with Crippen LogP contribution in [0.5, 0.6) is 0 Å². The molecule has 0 aliphatic rings. The fourth-order valence-corrected chi connectivity index (χ4v) is 3.15. The van der Waals surface area contributed by atoms with E-state index in [0.717, 1.165) is 22.1 Å². The Kier molecular flexibility index (Phi) is 5.99. The summed E-state index contributed by atoms with van der Waals surface area (Å²) in [5.74, 6) is 0.994. The van der Waals surface area contributed by atoms with Gasteiger partial charge in [0.05, 0.1) is 11.3 Å². The standard InChI is InChI=1S/C19H25N3OS/c1-12(2)17-20-14(4)16(18(21-17)24-6)19(23)22(5)11-15-10-8-7-9-13(15)3/h7-10,12H,11H2,1-6H3. The molecule has 0 N–H and O–H groups in total. The van der Waals surface area contributed by atoms with Crippen molar-refractivity contribution in [2.75, 3.05) is 13.3 Å². The Labute approximate surface area is 148 Å². The molecule has 0 fully saturated rings. The highest BCUT2D eigenvalue weighted by atomic mass is 32.2. The third-order valence-corrected chi connectivity index (χ3v) is 4.70. The Bertz CT molecular complexity index is 743. The third kappa shape index (κ3) is 3.96. The summed E-state index contributed by atoms with van der Waals surface area (Å²) in [6.07, 6.45) is 1.95. The van der Waals surface area contributed by atoms with E-state index in [1.54, 1.807) is 4.90 Å². The normalized spacial score (nSPS) is 11.0. The first-order valence-corrected chi connectivity index (χ1v) is 9.30. The van der Waals surface area contributed by atoms with Gasteiger partial charge in [-0.1, -0.05) is 38.1 Å². The topological polar surface area (TPSA) is 46.1 Å². The van der Waals surface area contributed by atoms with Crippen molar-refractivity contribution in [1.29, 1.82) is 0 Å². The van der Waals surface area contributed by atoms with Crippen LogP contribution in [0, 0.1) is 13.8 Å². The van der Waals surface area contributed by atoms with Gasteiger partial charge in [0.25, 0.3) is 5.91 Å². The summed E-state index contributed by atoms with van der Waals surface area (Å²) in [4.78, 5) is 23.8. The minimum absolute atomic E-state index is 0.0320. The van der Waals surface area contributed by atoms with Gasteiger partial charge in [-0.2, -0.15) is 0 Å². The zero-order chi connectivity index (χ0) is 17.9. The van der Waals surface area contributed by atoms with E-state index in [1.807, 2.05) is 32.4 Å². The van der Waals surface area contributed by atoms with Crippen LogP contribution >= 0.6 is 11.8 Å². The number of hydrogen-bond acceptors (Lipinski definition) is 4. The second kappa shape index (κ2) is 7.79. The molecule has 4 nitrogen and oxygen atoms in total. The van der Waals surface area contributed by atoms with Crippen molar-refractivity contribution in [3.63, 3.8) is 0 Å². The molecular weight excluding hydrogens is 318 g/mol. The van der Waals surface area contributed by atoms with Gasteiger partial charge < -0.3 is 4.90 Å². The number of amides is 1. The largest absolute Gasteiger partial charge is 0.337 e. The Balaban J connectivity index is 2.33. The molecule has 2 rings (SSSR count). The number of aryl methyl sites for hydroxylation is 2. The molecule has 1 amide bonds. The summed E-state index contributed by atoms with van der Waals surface area (Å²) in [6.45, 7) is 8.65. The van der Waals surface area contributed by atoms with Crippen molar-refractivity contribution in [1.82, 2.24) is 14.9 Å². The number of nitrogens with zero attached hydrogens (tertiary/aromatic N) is 3. The van der Waals surface area contributed by atoms with Crippen LogP contribution in [-0.4, -0.2) is 34.1 Å². The molecule has 0 saturated carbocycles. The van der Waals surface area contributed by atoms with Gasteiger partial charge in [0.15, 0.2) is 0 Å². The number of carbonyl (C=O) groups is 1. The van der Waals surface area contributed by atoms with Crippen molar-refractivity contribution >= 4 is 17.7 Å². The van der Waals surface area contributed by atoms with E-state index < -0.39 is 0 Å². The van der Waals surface area contributed by atoms with E-state index in [4.69, 9.17) is 0 Å². The maximum atomic E-state index is 13.0. The quantitative estimate of drug-likeness (QED) is 0.602. The molecule has 1 heterocycles. The van der Waals surface area contributed by atoms with Gasteiger partial charge in [0.2, 0.25) is 0 Å². The van der Waals surface area contributed by atoms with Crippen molar-refractivity contribution in [3.8, 4) is 0 Å². The molecule has 0 saturated heterocycles. The maximum absolute atomic E-state index is 13.0. The van der Waals surface area contributed by atoms with Gasteiger partial charge in [-0.15, -0.1) is 11.8 Å². The zero-order valence-electron chi connectivity index (χ0n) is 15.3. The first-order valence-electron chi connectivity index (χ1n) is 8.07. The number of hydrogen-bond donors (Lipinski definition) is 0. The molecule has 5 heteroatoms. The molecule has 0 aliphatic carbocycles. The smallest absolute Gasteiger partial charge is 0.258 e. The van der Waals surface area contributed by atoms with Gasteiger partial charge in [-0.05, 0) is 31.2 Å². The van der Waals surface area contributed by atoms with Gasteiger partial charge >= 0.3 is 0 Å². The first-order chi connectivity index (χ1) is 11.3. The average Bonchev–Trinajstić information content (AvgIpc) is 2.55. The molecule has 0 spiro atoms. The monoisotopic (exact) mass is 343 g/mol. The van der Waals surface area contributed by atoms with Crippen LogP contribution in [0.2, 0.25) is 0 Å². The van der Waals surface area contributed by atoms with Gasteiger partial charge in [0.1, 0.15) is 10.9 Å². The van der Waals surface area contributed by atoms with Crippen molar-refractivity contribution < 1.29 is 4.79 Å². The summed E-state index contributed by atoms with van der Waals surface area (Å²) in [7, 11) is 1.83. The molecule has 0 bridgehead atoms. The minimum Gasteiger partial charge on any atom is -0.337 e. The lowest BCUT2D eigenvalue weighted by atomic mass is 10.1. The maximum Gasteiger partial charge on any atom is 0.258 e. The van der Waals surface area contributed by atoms with Crippen molar-refractivity contribution in [2.45, 2.75) is 45.2 Å². The van der Waals surface area contributed by atoms with Crippen molar-refractivity contribution in [3.05, 3.63) is 52.5 Å². The van der Waals surface area contributed by atoms with Crippen LogP contribution in [0.4, 0.5) is 0 Å². The molecule has 1 aromatic carbocycles. The molecule has 24 heavy (non-hydrogen) atoms. The highest BCUT2D eigenvalue weighted by Gasteiger charge is 2.22. The molecular formula is C19H25N3OS. The van der Waals surface area contributed by atoms with Gasteiger partial charge in [-0.25, -0.2) is 9.97 Å². The second-order valence-electron chi connectivity index (χ2n) is 6.29. The predicted octanol–water partition coefficient (Wildman–Crippen LogP) is 4.21. The molecule has 128 valence electrons. The van der Waals surface area contributed by atoms with Gasteiger partial charge in [-0.3, -0.25) is 4.79 Å². The zero-order valence-corrected chi connectivity index (χ0v) is 16.1. The number of carbonyl (C=O) groups excluding carboxylic acids is 1. The van der Waals surface area contributed by atoms with E-state index in [0.29, 0.717) is 12.1 Å². The summed E-state index contributed by atoms with van der Waals surface area (Å²) >= 11 is 1.50. The van der Waals surface area contributed by atoms with Crippen molar-refractivity contribution in [2.24, 2.45) is 0 Å². The number of thioether (sulfide) groups is 1. The first kappa shape index (κ1) is 18.5. The lowest BCUT2D eigenvalue weighted by Crippen LogP contribution is -2.28. The molecule has 2 aromatic rings. The fraction of sp³-hybridized carbons (Fsp3) is 0.421. The molecule has 0 aliphatic heterocycles. The van der Waals surface area contributed by atoms with Crippen LogP contribution in [0.25, 0.3) is 0 Å². The Hall–Kier alpha value is -1.88. The van der Waals surface area contributed by atoms with Crippen LogP contribution in [0.1, 0.15) is 52.8 Å². The summed E-state index contributed by atoms with van der Waals surface area (Å²) in [5.41, 5.74) is 3.70. The molecule has 0 atom stereocenters. The summed E-state index contributed by atoms with van der Waals surface area (Å²) in [5, 5.41) is 0.757. The van der Waals surface area contributed by atoms with E-state index in [9.17, 15) is 4.79 Å². The number of benzene rings is 1. The predicted molar refractivity (Wildman–Crippen MR) is 99.6 cm³/mol. The lowest BCUT2D eigenvalue weighted by molar-refractivity contribution is 0.0779. The Morgan fingerprint density at radius 1 is 1.21 bits per heavy atom. The van der Waals surface area contributed by atoms with Crippen LogP contribution in [0.3, 0.4) is 0 Å². The molecule has 1 aromatic heterocycles. The van der Waals surface area contributed by atoms with Crippen LogP contribution < -0.4 is 0 Å². The second-order valence-corrected chi connectivity index (χ2v) is 7.09. The Morgan fingerprint density at radius 3 is 2.46 bits per heavy atom. The fourth-order valence-electron chi connectivity index (χ4n) is 2.53. The molecule has 0 radical (unpaired) electrons. The van der Waals surface area contributed by atoms with E-state index in [-0.39, 0.29) is 11.8 Å². The van der Waals surface area contributed by atoms with E-state index >= 15 is 0 Å². The Morgan fingerprint density at radius 2 is 1.88 bits per heavy atom. The number of aromatic nitrogens is 2. The van der Waals surface area contributed by atoms with Crippen LogP contribution in [0.15, 0.2) is 29.3 Å². The highest BCUT2D eigenvalue weighted by molar-refractivity contribution is 7.98.